The van der Waals surface area contributed by atoms with E-state index in [9.17, 15) is 4.79 Å². The van der Waals surface area contributed by atoms with Gasteiger partial charge in [-0.15, -0.1) is 0 Å². The van der Waals surface area contributed by atoms with Crippen LogP contribution in [0.5, 0.6) is 0 Å². The van der Waals surface area contributed by atoms with Crippen LogP contribution in [0.15, 0.2) is 24.4 Å². The third-order valence-electron chi connectivity index (χ3n) is 3.26. The molecular formula is C15H18ClN5O2. The largest absolute Gasteiger partial charge is 0.399 e. The van der Waals surface area contributed by atoms with Crippen molar-refractivity contribution in [3.05, 3.63) is 35.1 Å². The average Bonchev–Trinajstić information content (AvgIpc) is 2.48. The van der Waals surface area contributed by atoms with Crippen molar-refractivity contribution in [2.45, 2.75) is 6.04 Å². The van der Waals surface area contributed by atoms with Gasteiger partial charge >= 0.3 is 0 Å². The minimum Gasteiger partial charge on any atom is -0.399 e. The molecule has 1 aliphatic heterocycles. The first-order valence-corrected chi connectivity index (χ1v) is 7.31. The molecule has 1 saturated heterocycles. The molecule has 1 aliphatic rings. The van der Waals surface area contributed by atoms with E-state index >= 15 is 0 Å². The number of ether oxygens (including phenoxy) is 1. The summed E-state index contributed by atoms with van der Waals surface area (Å²) in [4.78, 5) is 18.7. The maximum absolute atomic E-state index is 10.7. The fraction of sp³-hybridized carbons (Fsp3) is 0.267. The van der Waals surface area contributed by atoms with Crippen molar-refractivity contribution >= 4 is 29.4 Å². The molecule has 0 bridgehead atoms. The second-order valence-corrected chi connectivity index (χ2v) is 5.31. The van der Waals surface area contributed by atoms with E-state index in [-0.39, 0.29) is 11.5 Å². The van der Waals surface area contributed by atoms with E-state index in [1.54, 1.807) is 18.2 Å². The smallest absolute Gasteiger partial charge is 0.172 e. The molecule has 0 unspecified atom stereocenters. The van der Waals surface area contributed by atoms with Crippen LogP contribution in [0.25, 0.3) is 11.3 Å². The lowest BCUT2D eigenvalue weighted by Crippen LogP contribution is -2.43. The number of nitrogens with two attached hydrogens (primary N) is 2. The minimum atomic E-state index is 0.0929. The summed E-state index contributed by atoms with van der Waals surface area (Å²) in [6.07, 6.45) is 2.01. The van der Waals surface area contributed by atoms with Crippen molar-refractivity contribution in [3.63, 3.8) is 0 Å². The maximum atomic E-state index is 10.7. The van der Waals surface area contributed by atoms with Crippen molar-refractivity contribution < 1.29 is 9.53 Å². The number of anilines is 2. The van der Waals surface area contributed by atoms with Gasteiger partial charge in [0, 0.05) is 11.3 Å². The first-order chi connectivity index (χ1) is 11.0. The quantitative estimate of drug-likeness (QED) is 0.573. The van der Waals surface area contributed by atoms with Crippen molar-refractivity contribution in [1.82, 2.24) is 15.3 Å². The molecule has 0 aliphatic carbocycles. The number of aldehydes is 1. The molecule has 8 heteroatoms. The number of nitrogen functional groups attached to an aromatic ring is 2. The monoisotopic (exact) mass is 335 g/mol. The van der Waals surface area contributed by atoms with Gasteiger partial charge < -0.3 is 21.5 Å². The highest BCUT2D eigenvalue weighted by Crippen LogP contribution is 2.28. The van der Waals surface area contributed by atoms with E-state index < -0.39 is 0 Å². The van der Waals surface area contributed by atoms with Crippen LogP contribution < -0.4 is 16.8 Å². The number of halogens is 1. The van der Waals surface area contributed by atoms with E-state index in [1.165, 1.54) is 6.20 Å². The lowest BCUT2D eigenvalue weighted by Gasteiger charge is -2.24. The molecule has 2 aromatic rings. The molecule has 0 saturated carbocycles. The second-order valence-electron chi connectivity index (χ2n) is 4.91. The fourth-order valence-corrected chi connectivity index (χ4v) is 2.06. The number of benzene rings is 1. The molecule has 7 nitrogen and oxygen atoms in total. The van der Waals surface area contributed by atoms with E-state index in [4.69, 9.17) is 27.8 Å². The topological polar surface area (TPSA) is 116 Å². The van der Waals surface area contributed by atoms with Gasteiger partial charge in [-0.2, -0.15) is 0 Å². The molecule has 122 valence electrons. The second kappa shape index (κ2) is 7.87. The van der Waals surface area contributed by atoms with Gasteiger partial charge in [-0.1, -0.05) is 11.6 Å². The van der Waals surface area contributed by atoms with E-state index in [0.717, 1.165) is 13.2 Å². The van der Waals surface area contributed by atoms with Crippen LogP contribution >= 0.6 is 11.6 Å². The Bertz CT molecular complexity index is 689. The summed E-state index contributed by atoms with van der Waals surface area (Å²) >= 11 is 6.03. The molecule has 1 aromatic heterocycles. The number of nitrogens with one attached hydrogen (secondary N) is 1. The SMILES string of the molecule is CNC1COC1.Nc1ccc(-c2cnc(N)c(C=O)n2)c(Cl)c1. The van der Waals surface area contributed by atoms with Gasteiger partial charge in [-0.05, 0) is 25.2 Å². The molecule has 23 heavy (non-hydrogen) atoms. The maximum Gasteiger partial charge on any atom is 0.172 e. The number of hydrogen-bond acceptors (Lipinski definition) is 7. The van der Waals surface area contributed by atoms with E-state index in [0.29, 0.717) is 34.3 Å². The predicted molar refractivity (Wildman–Crippen MR) is 90.4 cm³/mol. The van der Waals surface area contributed by atoms with Gasteiger partial charge in [0.05, 0.1) is 36.2 Å². The zero-order valence-electron chi connectivity index (χ0n) is 12.6. The standard InChI is InChI=1S/C11H9ClN4O.C4H9NO/c12-8-3-6(13)1-2-7(8)9-4-15-11(14)10(5-17)16-9;1-5-4-2-6-3-4/h1-5H,13H2,(H2,14,15);4-5H,2-3H2,1H3. The van der Waals surface area contributed by atoms with Crippen LogP contribution in [0.3, 0.4) is 0 Å². The van der Waals surface area contributed by atoms with Gasteiger partial charge in [0.2, 0.25) is 0 Å². The molecule has 2 heterocycles. The Balaban J connectivity index is 0.000000268. The number of rotatable bonds is 3. The molecule has 3 rings (SSSR count). The van der Waals surface area contributed by atoms with Gasteiger partial charge in [0.1, 0.15) is 5.69 Å². The molecule has 0 radical (unpaired) electrons. The van der Waals surface area contributed by atoms with Crippen LogP contribution in [-0.4, -0.2) is 42.6 Å². The number of hydrogen-bond donors (Lipinski definition) is 3. The summed E-state index contributed by atoms with van der Waals surface area (Å²) in [7, 11) is 1.95. The minimum absolute atomic E-state index is 0.0929. The Morgan fingerprint density at radius 1 is 1.39 bits per heavy atom. The Morgan fingerprint density at radius 2 is 2.13 bits per heavy atom. The third kappa shape index (κ3) is 4.38. The van der Waals surface area contributed by atoms with Crippen LogP contribution in [0.2, 0.25) is 5.02 Å². The van der Waals surface area contributed by atoms with Gasteiger partial charge in [-0.25, -0.2) is 9.97 Å². The van der Waals surface area contributed by atoms with Crippen LogP contribution in [-0.2, 0) is 4.74 Å². The number of carbonyl (C=O) groups excluding carboxylic acids is 1. The summed E-state index contributed by atoms with van der Waals surface area (Å²) in [5.74, 6) is 0.0929. The number of aromatic nitrogens is 2. The number of carbonyl (C=O) groups is 1. The molecule has 1 fully saturated rings. The summed E-state index contributed by atoms with van der Waals surface area (Å²) in [6.45, 7) is 1.80. The van der Waals surface area contributed by atoms with Crippen molar-refractivity contribution in [1.29, 1.82) is 0 Å². The first kappa shape index (κ1) is 17.1. The Morgan fingerprint density at radius 3 is 2.61 bits per heavy atom. The lowest BCUT2D eigenvalue weighted by atomic mass is 10.1. The van der Waals surface area contributed by atoms with Crippen LogP contribution in [0.4, 0.5) is 11.5 Å². The third-order valence-corrected chi connectivity index (χ3v) is 3.57. The summed E-state index contributed by atoms with van der Waals surface area (Å²) in [5.41, 5.74) is 12.8. The summed E-state index contributed by atoms with van der Waals surface area (Å²) in [5, 5.41) is 3.52. The van der Waals surface area contributed by atoms with Crippen LogP contribution in [0, 0.1) is 0 Å². The Kier molecular flexibility index (Phi) is 5.86. The predicted octanol–water partition coefficient (Wildman–Crippen LogP) is 1.38. The fourth-order valence-electron chi connectivity index (χ4n) is 1.77. The Hall–Kier alpha value is -2.22. The van der Waals surface area contributed by atoms with Crippen molar-refractivity contribution in [3.8, 4) is 11.3 Å². The highest BCUT2D eigenvalue weighted by molar-refractivity contribution is 6.33. The molecular weight excluding hydrogens is 318 g/mol. The highest BCUT2D eigenvalue weighted by atomic mass is 35.5. The number of nitrogens with zero attached hydrogens (tertiary/aromatic N) is 2. The van der Waals surface area contributed by atoms with Crippen molar-refractivity contribution in [2.24, 2.45) is 0 Å². The highest BCUT2D eigenvalue weighted by Gasteiger charge is 2.14. The Labute approximate surface area is 139 Å². The van der Waals surface area contributed by atoms with E-state index in [2.05, 4.69) is 15.3 Å². The van der Waals surface area contributed by atoms with Gasteiger partial charge in [0.25, 0.3) is 0 Å². The molecule has 0 amide bonds. The zero-order chi connectivity index (χ0) is 16.8. The molecule has 0 atom stereocenters. The number of likely N-dealkylation sites (N-methyl/N-ethyl adjacent to an activating group) is 1. The van der Waals surface area contributed by atoms with E-state index in [1.807, 2.05) is 7.05 Å². The lowest BCUT2D eigenvalue weighted by molar-refractivity contribution is -0.00169. The van der Waals surface area contributed by atoms with Gasteiger partial charge in [0.15, 0.2) is 12.1 Å². The first-order valence-electron chi connectivity index (χ1n) is 6.93. The summed E-state index contributed by atoms with van der Waals surface area (Å²) in [6, 6.07) is 5.66. The zero-order valence-corrected chi connectivity index (χ0v) is 13.4. The molecule has 1 aromatic carbocycles. The van der Waals surface area contributed by atoms with Gasteiger partial charge in [-0.3, -0.25) is 4.79 Å². The van der Waals surface area contributed by atoms with Crippen LogP contribution in [0.1, 0.15) is 10.5 Å². The molecule has 5 N–H and O–H groups in total. The molecule has 0 spiro atoms. The summed E-state index contributed by atoms with van der Waals surface area (Å²) < 4.78 is 4.86. The normalized spacial score (nSPS) is 13.7. The average molecular weight is 336 g/mol. The van der Waals surface area contributed by atoms with Crippen molar-refractivity contribution in [2.75, 3.05) is 31.7 Å².